The van der Waals surface area contributed by atoms with Crippen molar-refractivity contribution in [1.82, 2.24) is 9.62 Å². The molecule has 1 amide bonds. The summed E-state index contributed by atoms with van der Waals surface area (Å²) in [5, 5.41) is 25.1. The number of carbonyl (C=O) groups is 1. The summed E-state index contributed by atoms with van der Waals surface area (Å²) in [6.07, 6.45) is 0.469. The summed E-state index contributed by atoms with van der Waals surface area (Å²) in [7, 11) is -4.17. The summed E-state index contributed by atoms with van der Waals surface area (Å²) in [6, 6.07) is 21.8. The van der Waals surface area contributed by atoms with Crippen LogP contribution in [0.4, 0.5) is 10.5 Å². The Kier molecular flexibility index (Phi) is 11.3. The van der Waals surface area contributed by atoms with Crippen LogP contribution in [0.15, 0.2) is 107 Å². The average Bonchev–Trinajstić information content (AvgIpc) is 3.53. The van der Waals surface area contributed by atoms with Gasteiger partial charge in [0.1, 0.15) is 18.6 Å². The molecule has 4 rings (SSSR count). The van der Waals surface area contributed by atoms with Gasteiger partial charge in [-0.15, -0.1) is 0 Å². The van der Waals surface area contributed by atoms with Crippen LogP contribution in [0.3, 0.4) is 0 Å². The smallest absolute Gasteiger partial charge is 0.413 e. The SMILES string of the molecule is CC(C)CN(C[C@@H](O)[C@H](Cc1ccc(OCc2ccccc2)cc1)NC(=O)Oc1ccoc1)S(=O)(=O)c1ccc([N+](=O)[O-])cc1. The number of amides is 1. The van der Waals surface area contributed by atoms with Gasteiger partial charge in [0.25, 0.3) is 5.69 Å². The Bertz CT molecular complexity index is 1630. The molecule has 0 aliphatic heterocycles. The molecule has 0 saturated carbocycles. The monoisotopic (exact) mass is 637 g/mol. The van der Waals surface area contributed by atoms with Gasteiger partial charge in [0.2, 0.25) is 10.0 Å². The van der Waals surface area contributed by atoms with Crippen LogP contribution in [0.25, 0.3) is 0 Å². The van der Waals surface area contributed by atoms with Crippen molar-refractivity contribution >= 4 is 21.8 Å². The first kappa shape index (κ1) is 33.2. The van der Waals surface area contributed by atoms with Crippen LogP contribution >= 0.6 is 0 Å². The third-order valence-corrected chi connectivity index (χ3v) is 8.59. The Balaban J connectivity index is 1.52. The zero-order chi connectivity index (χ0) is 32.4. The Hall–Kier alpha value is -4.72. The van der Waals surface area contributed by atoms with Gasteiger partial charge in [0.05, 0.1) is 28.2 Å². The maximum atomic E-state index is 13.6. The molecule has 0 radical (unpaired) electrons. The number of ether oxygens (including phenoxy) is 2. The van der Waals surface area contributed by atoms with Crippen LogP contribution in [0.1, 0.15) is 25.0 Å². The van der Waals surface area contributed by atoms with E-state index in [0.717, 1.165) is 39.7 Å². The number of hydrogen-bond acceptors (Lipinski definition) is 9. The third-order valence-electron chi connectivity index (χ3n) is 6.75. The number of benzene rings is 3. The Morgan fingerprint density at radius 3 is 2.24 bits per heavy atom. The van der Waals surface area contributed by atoms with Gasteiger partial charge in [0, 0.05) is 31.3 Å². The molecule has 0 bridgehead atoms. The number of nitro groups is 1. The fourth-order valence-corrected chi connectivity index (χ4v) is 6.12. The van der Waals surface area contributed by atoms with E-state index in [9.17, 15) is 28.4 Å². The maximum Gasteiger partial charge on any atom is 0.413 e. The molecule has 1 aromatic heterocycles. The average molecular weight is 638 g/mol. The van der Waals surface area contributed by atoms with E-state index in [0.29, 0.717) is 12.4 Å². The topological polar surface area (TPSA) is 161 Å². The van der Waals surface area contributed by atoms with Crippen molar-refractivity contribution in [3.63, 3.8) is 0 Å². The van der Waals surface area contributed by atoms with Crippen molar-refractivity contribution < 1.29 is 37.1 Å². The van der Waals surface area contributed by atoms with Crippen LogP contribution < -0.4 is 14.8 Å². The summed E-state index contributed by atoms with van der Waals surface area (Å²) >= 11 is 0. The summed E-state index contributed by atoms with van der Waals surface area (Å²) in [5.41, 5.74) is 1.50. The van der Waals surface area contributed by atoms with E-state index in [4.69, 9.17) is 13.9 Å². The number of nitrogens with one attached hydrogen (secondary N) is 1. The number of aliphatic hydroxyl groups excluding tert-OH is 1. The molecule has 12 nitrogen and oxygen atoms in total. The molecule has 45 heavy (non-hydrogen) atoms. The highest BCUT2D eigenvalue weighted by Gasteiger charge is 2.32. The number of nitrogens with zero attached hydrogens (tertiary/aromatic N) is 2. The number of nitro benzene ring substituents is 1. The first-order valence-electron chi connectivity index (χ1n) is 14.2. The normalized spacial score (nSPS) is 12.9. The molecule has 4 aromatic rings. The number of rotatable bonds is 15. The molecular weight excluding hydrogens is 602 g/mol. The molecule has 0 spiro atoms. The molecule has 0 aliphatic carbocycles. The summed E-state index contributed by atoms with van der Waals surface area (Å²) in [5.74, 6) is 0.665. The molecule has 0 fully saturated rings. The van der Waals surface area contributed by atoms with Crippen LogP contribution in [0.2, 0.25) is 0 Å². The van der Waals surface area contributed by atoms with Gasteiger partial charge >= 0.3 is 6.09 Å². The summed E-state index contributed by atoms with van der Waals surface area (Å²) < 4.78 is 44.4. The zero-order valence-electron chi connectivity index (χ0n) is 24.8. The predicted octanol–water partition coefficient (Wildman–Crippen LogP) is 5.17. The van der Waals surface area contributed by atoms with Crippen molar-refractivity contribution in [3.8, 4) is 11.5 Å². The van der Waals surface area contributed by atoms with Crippen molar-refractivity contribution in [2.24, 2.45) is 5.92 Å². The number of non-ortho nitro benzene ring substituents is 1. The van der Waals surface area contributed by atoms with E-state index in [2.05, 4.69) is 5.32 Å². The van der Waals surface area contributed by atoms with Gasteiger partial charge in [-0.2, -0.15) is 4.31 Å². The Morgan fingerprint density at radius 2 is 1.64 bits per heavy atom. The van der Waals surface area contributed by atoms with Crippen LogP contribution in [0.5, 0.6) is 11.5 Å². The molecule has 0 aliphatic rings. The van der Waals surface area contributed by atoms with Crippen molar-refractivity contribution in [2.75, 3.05) is 13.1 Å². The van der Waals surface area contributed by atoms with E-state index < -0.39 is 33.2 Å². The van der Waals surface area contributed by atoms with Crippen molar-refractivity contribution in [1.29, 1.82) is 0 Å². The van der Waals surface area contributed by atoms with E-state index in [1.165, 1.54) is 18.6 Å². The molecule has 2 N–H and O–H groups in total. The van der Waals surface area contributed by atoms with E-state index in [-0.39, 0.29) is 41.8 Å². The first-order chi connectivity index (χ1) is 21.5. The second-order valence-corrected chi connectivity index (χ2v) is 12.7. The molecule has 13 heteroatoms. The lowest BCUT2D eigenvalue weighted by atomic mass is 10.0. The third kappa shape index (κ3) is 9.63. The summed E-state index contributed by atoms with van der Waals surface area (Å²) in [4.78, 5) is 23.1. The maximum absolute atomic E-state index is 13.6. The van der Waals surface area contributed by atoms with Gasteiger partial charge in [0.15, 0.2) is 5.75 Å². The van der Waals surface area contributed by atoms with Gasteiger partial charge in [-0.3, -0.25) is 10.1 Å². The number of furan rings is 1. The lowest BCUT2D eigenvalue weighted by Crippen LogP contribution is -2.51. The minimum absolute atomic E-state index is 0.0516. The van der Waals surface area contributed by atoms with Crippen LogP contribution in [-0.4, -0.2) is 54.1 Å². The molecular formula is C32H35N3O9S. The molecule has 0 saturated heterocycles. The fraction of sp³-hybridized carbons (Fsp3) is 0.281. The fourth-order valence-electron chi connectivity index (χ4n) is 4.50. The highest BCUT2D eigenvalue weighted by molar-refractivity contribution is 7.89. The molecule has 3 aromatic carbocycles. The largest absolute Gasteiger partial charge is 0.489 e. The van der Waals surface area contributed by atoms with E-state index in [1.807, 2.05) is 44.2 Å². The van der Waals surface area contributed by atoms with Gasteiger partial charge in [-0.25, -0.2) is 13.2 Å². The number of aliphatic hydroxyl groups is 1. The number of hydrogen-bond donors (Lipinski definition) is 2. The number of carbonyl (C=O) groups excluding carboxylic acids is 1. The second kappa shape index (κ2) is 15.3. The highest BCUT2D eigenvalue weighted by atomic mass is 32.2. The Labute approximate surface area is 261 Å². The van der Waals surface area contributed by atoms with E-state index in [1.54, 1.807) is 24.3 Å². The highest BCUT2D eigenvalue weighted by Crippen LogP contribution is 2.23. The van der Waals surface area contributed by atoms with Gasteiger partial charge in [-0.1, -0.05) is 56.3 Å². The number of sulfonamides is 1. The van der Waals surface area contributed by atoms with Crippen LogP contribution in [0, 0.1) is 16.0 Å². The Morgan fingerprint density at radius 1 is 0.956 bits per heavy atom. The first-order valence-corrected chi connectivity index (χ1v) is 15.6. The molecule has 1 heterocycles. The van der Waals surface area contributed by atoms with Crippen molar-refractivity contribution in [3.05, 3.63) is 119 Å². The van der Waals surface area contributed by atoms with Crippen LogP contribution in [-0.2, 0) is 23.1 Å². The predicted molar refractivity (Wildman–Crippen MR) is 165 cm³/mol. The van der Waals surface area contributed by atoms with Gasteiger partial charge in [-0.05, 0) is 47.7 Å². The quantitative estimate of drug-likeness (QED) is 0.132. The van der Waals surface area contributed by atoms with E-state index >= 15 is 0 Å². The summed E-state index contributed by atoms with van der Waals surface area (Å²) in [6.45, 7) is 3.72. The molecule has 0 unspecified atom stereocenters. The lowest BCUT2D eigenvalue weighted by molar-refractivity contribution is -0.384. The lowest BCUT2D eigenvalue weighted by Gasteiger charge is -2.30. The molecule has 2 atom stereocenters. The standard InChI is InChI=1S/C32H35N3O9S/c1-23(2)19-34(45(40,41)29-14-10-26(11-15-29)35(38)39)20-31(36)30(33-32(37)44-28-16-17-42-22-28)18-24-8-12-27(13-9-24)43-21-25-6-4-3-5-7-25/h3-17,22-23,30-31,36H,18-21H2,1-2H3,(H,33,37)/t30-,31+/m0/s1. The minimum atomic E-state index is -4.17. The molecule has 238 valence electrons. The minimum Gasteiger partial charge on any atom is -0.489 e. The van der Waals surface area contributed by atoms with Crippen molar-refractivity contribution in [2.45, 2.75) is 43.9 Å². The van der Waals surface area contributed by atoms with Gasteiger partial charge < -0.3 is 24.3 Å². The zero-order valence-corrected chi connectivity index (χ0v) is 25.6. The second-order valence-electron chi connectivity index (χ2n) is 10.8.